The molecule has 3 rings (SSSR count). The van der Waals surface area contributed by atoms with Crippen molar-refractivity contribution in [3.8, 4) is 0 Å². The van der Waals surface area contributed by atoms with Crippen LogP contribution in [0.4, 0.5) is 0 Å². The number of benzene rings is 2. The Kier molecular flexibility index (Phi) is 4.06. The number of hydrogen-bond donors (Lipinski definition) is 0. The summed E-state index contributed by atoms with van der Waals surface area (Å²) in [6, 6.07) is 15.5. The van der Waals surface area contributed by atoms with Gasteiger partial charge in [0.15, 0.2) is 0 Å². The lowest BCUT2D eigenvalue weighted by Crippen LogP contribution is -2.31. The monoisotopic (exact) mass is 315 g/mol. The second-order valence-electron chi connectivity index (χ2n) is 5.95. The van der Waals surface area contributed by atoms with Crippen LogP contribution in [0.25, 0.3) is 0 Å². The van der Waals surface area contributed by atoms with E-state index in [1.807, 2.05) is 56.3 Å². The molecule has 1 aliphatic rings. The third kappa shape index (κ3) is 2.69. The van der Waals surface area contributed by atoms with Crippen molar-refractivity contribution in [3.05, 3.63) is 65.2 Å². The van der Waals surface area contributed by atoms with E-state index in [2.05, 4.69) is 0 Å². The zero-order chi connectivity index (χ0) is 15.7. The van der Waals surface area contributed by atoms with Crippen LogP contribution in [0.15, 0.2) is 53.4 Å². The third-order valence-electron chi connectivity index (χ3n) is 4.32. The summed E-state index contributed by atoms with van der Waals surface area (Å²) in [6.45, 7) is 4.38. The molecule has 22 heavy (non-hydrogen) atoms. The Bertz CT molecular complexity index is 769. The van der Waals surface area contributed by atoms with Gasteiger partial charge in [-0.1, -0.05) is 42.5 Å². The molecule has 116 valence electrons. The fourth-order valence-electron chi connectivity index (χ4n) is 3.15. The lowest BCUT2D eigenvalue weighted by Gasteiger charge is -2.25. The van der Waals surface area contributed by atoms with Crippen molar-refractivity contribution in [2.45, 2.75) is 37.6 Å². The maximum atomic E-state index is 13.1. The van der Waals surface area contributed by atoms with E-state index < -0.39 is 10.0 Å². The van der Waals surface area contributed by atoms with Crippen LogP contribution in [-0.2, 0) is 10.0 Å². The van der Waals surface area contributed by atoms with Crippen LogP contribution in [-0.4, -0.2) is 19.3 Å². The molecule has 0 saturated carbocycles. The van der Waals surface area contributed by atoms with Crippen molar-refractivity contribution in [2.24, 2.45) is 0 Å². The summed E-state index contributed by atoms with van der Waals surface area (Å²) in [5.41, 5.74) is 2.86. The highest BCUT2D eigenvalue weighted by atomic mass is 32.2. The molecule has 1 heterocycles. The maximum absolute atomic E-state index is 13.1. The standard InChI is InChI=1S/C18H21NO2S/c1-14-10-11-15(2)18(13-14)22(20,21)19-12-6-9-17(19)16-7-4-3-5-8-16/h3-5,7-8,10-11,13,17H,6,9,12H2,1-2H3/t17-/m1/s1. The van der Waals surface area contributed by atoms with Gasteiger partial charge in [-0.25, -0.2) is 8.42 Å². The molecule has 2 aromatic carbocycles. The Hall–Kier alpha value is -1.65. The largest absolute Gasteiger partial charge is 0.243 e. The highest BCUT2D eigenvalue weighted by Gasteiger charge is 2.36. The molecule has 0 aliphatic carbocycles. The second-order valence-corrected chi connectivity index (χ2v) is 7.81. The molecule has 0 aromatic heterocycles. The summed E-state index contributed by atoms with van der Waals surface area (Å²) in [4.78, 5) is 0.440. The van der Waals surface area contributed by atoms with Gasteiger partial charge in [0.05, 0.1) is 10.9 Å². The first kappa shape index (κ1) is 15.3. The highest BCUT2D eigenvalue weighted by molar-refractivity contribution is 7.89. The summed E-state index contributed by atoms with van der Waals surface area (Å²) < 4.78 is 27.9. The summed E-state index contributed by atoms with van der Waals surface area (Å²) in [6.07, 6.45) is 1.79. The molecule has 1 fully saturated rings. The number of rotatable bonds is 3. The molecule has 1 saturated heterocycles. The number of nitrogens with zero attached hydrogens (tertiary/aromatic N) is 1. The minimum atomic E-state index is -3.46. The fraction of sp³-hybridized carbons (Fsp3) is 0.333. The minimum Gasteiger partial charge on any atom is -0.207 e. The molecule has 1 aliphatic heterocycles. The van der Waals surface area contributed by atoms with Crippen LogP contribution in [0.3, 0.4) is 0 Å². The number of aryl methyl sites for hydroxylation is 2. The van der Waals surface area contributed by atoms with E-state index >= 15 is 0 Å². The highest BCUT2D eigenvalue weighted by Crippen LogP contribution is 2.37. The van der Waals surface area contributed by atoms with Crippen LogP contribution >= 0.6 is 0 Å². The van der Waals surface area contributed by atoms with Crippen LogP contribution in [0.2, 0.25) is 0 Å². The van der Waals surface area contributed by atoms with E-state index in [0.717, 1.165) is 29.5 Å². The molecular formula is C18H21NO2S. The first-order chi connectivity index (χ1) is 10.5. The van der Waals surface area contributed by atoms with Gasteiger partial charge in [-0.3, -0.25) is 0 Å². The van der Waals surface area contributed by atoms with Gasteiger partial charge in [0.1, 0.15) is 0 Å². The van der Waals surface area contributed by atoms with Crippen molar-refractivity contribution in [1.29, 1.82) is 0 Å². The van der Waals surface area contributed by atoms with Crippen LogP contribution in [0.1, 0.15) is 35.6 Å². The van der Waals surface area contributed by atoms with Gasteiger partial charge in [0.2, 0.25) is 10.0 Å². The van der Waals surface area contributed by atoms with Gasteiger partial charge >= 0.3 is 0 Å². The molecule has 0 spiro atoms. The van der Waals surface area contributed by atoms with Gasteiger partial charge in [0, 0.05) is 6.54 Å². The molecular weight excluding hydrogens is 294 g/mol. The summed E-state index contributed by atoms with van der Waals surface area (Å²) in [5, 5.41) is 0. The van der Waals surface area contributed by atoms with Crippen LogP contribution in [0, 0.1) is 13.8 Å². The van der Waals surface area contributed by atoms with Gasteiger partial charge < -0.3 is 0 Å². The van der Waals surface area contributed by atoms with Gasteiger partial charge in [0.25, 0.3) is 0 Å². The first-order valence-corrected chi connectivity index (χ1v) is 9.08. The lowest BCUT2D eigenvalue weighted by molar-refractivity contribution is 0.396. The predicted molar refractivity (Wildman–Crippen MR) is 88.2 cm³/mol. The Balaban J connectivity index is 2.03. The Morgan fingerprint density at radius 2 is 1.77 bits per heavy atom. The number of sulfonamides is 1. The number of hydrogen-bond acceptors (Lipinski definition) is 2. The summed E-state index contributed by atoms with van der Waals surface area (Å²) >= 11 is 0. The summed E-state index contributed by atoms with van der Waals surface area (Å²) in [5.74, 6) is 0. The van der Waals surface area contributed by atoms with Gasteiger partial charge in [-0.2, -0.15) is 4.31 Å². The second kappa shape index (κ2) is 5.86. The molecule has 1 atom stereocenters. The minimum absolute atomic E-state index is 0.0499. The SMILES string of the molecule is Cc1ccc(C)c(S(=O)(=O)N2CCC[C@@H]2c2ccccc2)c1. The fourth-order valence-corrected chi connectivity index (χ4v) is 5.14. The van der Waals surface area contributed by atoms with Crippen molar-refractivity contribution in [1.82, 2.24) is 4.31 Å². The van der Waals surface area contributed by atoms with Crippen molar-refractivity contribution >= 4 is 10.0 Å². The molecule has 4 heteroatoms. The molecule has 3 nitrogen and oxygen atoms in total. The van der Waals surface area contributed by atoms with E-state index in [9.17, 15) is 8.42 Å². The van der Waals surface area contributed by atoms with E-state index in [4.69, 9.17) is 0 Å². The Labute approximate surface area is 132 Å². The van der Waals surface area contributed by atoms with Crippen molar-refractivity contribution in [2.75, 3.05) is 6.54 Å². The zero-order valence-electron chi connectivity index (χ0n) is 13.0. The average Bonchev–Trinajstić information content (AvgIpc) is 3.01. The van der Waals surface area contributed by atoms with Crippen molar-refractivity contribution < 1.29 is 8.42 Å². The molecule has 0 radical (unpaired) electrons. The van der Waals surface area contributed by atoms with Gasteiger partial charge in [-0.15, -0.1) is 0 Å². The maximum Gasteiger partial charge on any atom is 0.243 e. The van der Waals surface area contributed by atoms with E-state index in [1.165, 1.54) is 0 Å². The molecule has 0 N–H and O–H groups in total. The lowest BCUT2D eigenvalue weighted by atomic mass is 10.1. The Morgan fingerprint density at radius 1 is 1.05 bits per heavy atom. The molecule has 0 bridgehead atoms. The van der Waals surface area contributed by atoms with Gasteiger partial charge in [-0.05, 0) is 49.4 Å². The van der Waals surface area contributed by atoms with E-state index in [-0.39, 0.29) is 6.04 Å². The predicted octanol–water partition coefficient (Wildman–Crippen LogP) is 3.83. The Morgan fingerprint density at radius 3 is 2.50 bits per heavy atom. The van der Waals surface area contributed by atoms with E-state index in [1.54, 1.807) is 10.4 Å². The van der Waals surface area contributed by atoms with Crippen LogP contribution < -0.4 is 0 Å². The summed E-state index contributed by atoms with van der Waals surface area (Å²) in [7, 11) is -3.46. The zero-order valence-corrected chi connectivity index (χ0v) is 13.8. The normalized spacial score (nSPS) is 19.5. The van der Waals surface area contributed by atoms with E-state index in [0.29, 0.717) is 11.4 Å². The first-order valence-electron chi connectivity index (χ1n) is 7.64. The topological polar surface area (TPSA) is 37.4 Å². The quantitative estimate of drug-likeness (QED) is 0.863. The molecule has 0 amide bonds. The molecule has 0 unspecified atom stereocenters. The molecule has 2 aromatic rings. The third-order valence-corrected chi connectivity index (χ3v) is 6.37. The van der Waals surface area contributed by atoms with Crippen molar-refractivity contribution in [3.63, 3.8) is 0 Å². The van der Waals surface area contributed by atoms with Crippen LogP contribution in [0.5, 0.6) is 0 Å². The smallest absolute Gasteiger partial charge is 0.207 e. The average molecular weight is 315 g/mol.